The number of rotatable bonds is 6. The molecule has 0 saturated heterocycles. The Bertz CT molecular complexity index is 1380. The molecular weight excluding hydrogens is 463 g/mol. The maximum atomic E-state index is 13.8. The number of aryl methyl sites for hydroxylation is 1. The molecule has 1 unspecified atom stereocenters. The molecule has 8 heteroatoms. The summed E-state index contributed by atoms with van der Waals surface area (Å²) < 4.78 is 14.9. The highest BCUT2D eigenvalue weighted by Gasteiger charge is 2.48. The highest BCUT2D eigenvalue weighted by Crippen LogP contribution is 2.33. The van der Waals surface area contributed by atoms with E-state index in [2.05, 4.69) is 10.4 Å². The van der Waals surface area contributed by atoms with E-state index in [1.807, 2.05) is 48.7 Å². The molecule has 35 heavy (non-hydrogen) atoms. The number of hydrogen-bond donors (Lipinski definition) is 1. The van der Waals surface area contributed by atoms with Gasteiger partial charge in [0.2, 0.25) is 5.91 Å². The van der Waals surface area contributed by atoms with Crippen molar-refractivity contribution in [3.05, 3.63) is 100 Å². The molecule has 0 radical (unpaired) electrons. The van der Waals surface area contributed by atoms with Gasteiger partial charge < -0.3 is 10.2 Å². The minimum Gasteiger partial charge on any atom is -0.350 e. The fourth-order valence-corrected chi connectivity index (χ4v) is 5.05. The first-order chi connectivity index (χ1) is 16.8. The summed E-state index contributed by atoms with van der Waals surface area (Å²) in [5, 5.41) is 9.58. The van der Waals surface area contributed by atoms with Gasteiger partial charge in [0.05, 0.1) is 11.4 Å². The van der Waals surface area contributed by atoms with Gasteiger partial charge in [-0.1, -0.05) is 42.5 Å². The van der Waals surface area contributed by atoms with Gasteiger partial charge in [-0.2, -0.15) is 5.10 Å². The number of aromatic nitrogens is 2. The molecule has 2 aromatic heterocycles. The largest absolute Gasteiger partial charge is 0.350 e. The average molecular weight is 489 g/mol. The van der Waals surface area contributed by atoms with Crippen molar-refractivity contribution in [3.63, 3.8) is 0 Å². The second-order valence-electron chi connectivity index (χ2n) is 8.95. The molecule has 0 saturated carbocycles. The molecule has 0 fully saturated rings. The fourth-order valence-electron chi connectivity index (χ4n) is 4.37. The van der Waals surface area contributed by atoms with E-state index in [-0.39, 0.29) is 30.7 Å². The molecule has 0 bridgehead atoms. The zero-order valence-corrected chi connectivity index (χ0v) is 20.3. The van der Waals surface area contributed by atoms with Gasteiger partial charge in [-0.15, -0.1) is 11.3 Å². The van der Waals surface area contributed by atoms with Crippen LogP contribution in [0.25, 0.3) is 10.6 Å². The van der Waals surface area contributed by atoms with Crippen LogP contribution in [0.15, 0.2) is 72.1 Å². The third-order valence-corrected chi connectivity index (χ3v) is 7.41. The summed E-state index contributed by atoms with van der Waals surface area (Å²) in [6.45, 7) is 4.52. The Kier molecular flexibility index (Phi) is 5.98. The second kappa shape index (κ2) is 9.11. The number of carbonyl (C=O) groups is 2. The predicted molar refractivity (Wildman–Crippen MR) is 133 cm³/mol. The van der Waals surface area contributed by atoms with Crippen molar-refractivity contribution in [1.29, 1.82) is 0 Å². The van der Waals surface area contributed by atoms with Gasteiger partial charge in [-0.3, -0.25) is 14.3 Å². The van der Waals surface area contributed by atoms with Crippen molar-refractivity contribution in [2.45, 2.75) is 39.0 Å². The first-order valence-corrected chi connectivity index (χ1v) is 12.2. The maximum absolute atomic E-state index is 13.8. The van der Waals surface area contributed by atoms with Crippen molar-refractivity contribution in [3.8, 4) is 10.6 Å². The van der Waals surface area contributed by atoms with E-state index in [9.17, 15) is 14.0 Å². The molecular formula is C27H25FN4O2S. The lowest BCUT2D eigenvalue weighted by molar-refractivity contribution is -0.133. The Morgan fingerprint density at radius 3 is 2.63 bits per heavy atom. The molecule has 178 valence electrons. The van der Waals surface area contributed by atoms with Gasteiger partial charge in [-0.25, -0.2) is 4.39 Å². The fraction of sp³-hybridized carbons (Fsp3) is 0.222. The van der Waals surface area contributed by atoms with Crippen LogP contribution >= 0.6 is 11.3 Å². The van der Waals surface area contributed by atoms with Crippen LogP contribution in [0, 0.1) is 12.7 Å². The van der Waals surface area contributed by atoms with Crippen LogP contribution in [0.1, 0.15) is 34.1 Å². The Balaban J connectivity index is 1.49. The molecule has 3 heterocycles. The summed E-state index contributed by atoms with van der Waals surface area (Å²) in [4.78, 5) is 30.0. The van der Waals surface area contributed by atoms with Crippen molar-refractivity contribution in [2.24, 2.45) is 0 Å². The minimum absolute atomic E-state index is 0.223. The summed E-state index contributed by atoms with van der Waals surface area (Å²) in [6.07, 6.45) is 0. The molecule has 5 rings (SSSR count). The van der Waals surface area contributed by atoms with Gasteiger partial charge in [0.15, 0.2) is 0 Å². The van der Waals surface area contributed by atoms with Gasteiger partial charge in [0, 0.05) is 13.1 Å². The molecule has 4 aromatic rings. The molecule has 1 N–H and O–H groups in total. The summed E-state index contributed by atoms with van der Waals surface area (Å²) in [5.41, 5.74) is 2.81. The van der Waals surface area contributed by atoms with E-state index in [0.29, 0.717) is 12.2 Å². The number of halogens is 1. The molecule has 0 spiro atoms. The van der Waals surface area contributed by atoms with Crippen molar-refractivity contribution in [1.82, 2.24) is 20.0 Å². The third-order valence-electron chi connectivity index (χ3n) is 6.52. The highest BCUT2D eigenvalue weighted by atomic mass is 32.1. The van der Waals surface area contributed by atoms with Crippen LogP contribution in [-0.2, 0) is 24.4 Å². The normalized spacial score (nSPS) is 17.3. The van der Waals surface area contributed by atoms with Crippen LogP contribution < -0.4 is 5.32 Å². The quantitative estimate of drug-likeness (QED) is 0.424. The Hall–Kier alpha value is -3.78. The van der Waals surface area contributed by atoms with E-state index < -0.39 is 5.54 Å². The molecule has 2 amide bonds. The van der Waals surface area contributed by atoms with Crippen molar-refractivity contribution >= 4 is 23.2 Å². The molecule has 1 aliphatic heterocycles. The number of nitrogens with one attached hydrogen (secondary N) is 1. The van der Waals surface area contributed by atoms with Crippen LogP contribution in [0.2, 0.25) is 0 Å². The zero-order valence-electron chi connectivity index (χ0n) is 19.5. The lowest BCUT2D eigenvalue weighted by Gasteiger charge is -2.43. The van der Waals surface area contributed by atoms with Crippen LogP contribution in [0.5, 0.6) is 0 Å². The smallest absolute Gasteiger partial charge is 0.273 e. The standard InChI is InChI=1S/C27H25FN4O2S/c1-18-6-3-4-7-20(18)16-31-25(33)23-14-22(24-8-5-13-35-24)30-32(23)17-27(31,2)26(34)29-15-19-9-11-21(28)12-10-19/h3-14H,15-17H2,1-2H3,(H,29,34). The number of nitrogens with zero attached hydrogens (tertiary/aromatic N) is 3. The number of fused-ring (bicyclic) bond motifs is 1. The molecule has 1 atom stereocenters. The third kappa shape index (κ3) is 4.37. The summed E-state index contributed by atoms with van der Waals surface area (Å²) in [7, 11) is 0. The topological polar surface area (TPSA) is 67.2 Å². The van der Waals surface area contributed by atoms with Gasteiger partial charge in [0.25, 0.3) is 5.91 Å². The van der Waals surface area contributed by atoms with E-state index in [0.717, 1.165) is 27.3 Å². The summed E-state index contributed by atoms with van der Waals surface area (Å²) in [6, 6.07) is 19.5. The van der Waals surface area contributed by atoms with Gasteiger partial charge in [0.1, 0.15) is 22.7 Å². The minimum atomic E-state index is -1.18. The Labute approximate surface area is 207 Å². The SMILES string of the molecule is Cc1ccccc1CN1C(=O)c2cc(-c3cccs3)nn2CC1(C)C(=O)NCc1ccc(F)cc1. The Morgan fingerprint density at radius 1 is 1.14 bits per heavy atom. The summed E-state index contributed by atoms with van der Waals surface area (Å²) >= 11 is 1.55. The van der Waals surface area contributed by atoms with Crippen molar-refractivity contribution in [2.75, 3.05) is 0 Å². The van der Waals surface area contributed by atoms with E-state index >= 15 is 0 Å². The number of benzene rings is 2. The first-order valence-electron chi connectivity index (χ1n) is 11.4. The van der Waals surface area contributed by atoms with Crippen LogP contribution in [-0.4, -0.2) is 32.0 Å². The van der Waals surface area contributed by atoms with E-state index in [1.54, 1.807) is 46.0 Å². The number of thiophene rings is 1. The Morgan fingerprint density at radius 2 is 1.91 bits per heavy atom. The predicted octanol–water partition coefficient (Wildman–Crippen LogP) is 4.79. The second-order valence-corrected chi connectivity index (χ2v) is 9.90. The first kappa shape index (κ1) is 23.0. The van der Waals surface area contributed by atoms with Gasteiger partial charge in [-0.05, 0) is 60.2 Å². The number of hydrogen-bond acceptors (Lipinski definition) is 4. The summed E-state index contributed by atoms with van der Waals surface area (Å²) in [5.74, 6) is -0.862. The molecule has 2 aromatic carbocycles. The number of amides is 2. The van der Waals surface area contributed by atoms with Crippen LogP contribution in [0.4, 0.5) is 4.39 Å². The van der Waals surface area contributed by atoms with Gasteiger partial charge >= 0.3 is 0 Å². The molecule has 6 nitrogen and oxygen atoms in total. The van der Waals surface area contributed by atoms with E-state index in [1.165, 1.54) is 12.1 Å². The lowest BCUT2D eigenvalue weighted by Crippen LogP contribution is -2.63. The number of carbonyl (C=O) groups excluding carboxylic acids is 2. The van der Waals surface area contributed by atoms with E-state index in [4.69, 9.17) is 0 Å². The monoisotopic (exact) mass is 488 g/mol. The van der Waals surface area contributed by atoms with Crippen molar-refractivity contribution < 1.29 is 14.0 Å². The zero-order chi connectivity index (χ0) is 24.6. The molecule has 0 aliphatic carbocycles. The maximum Gasteiger partial charge on any atom is 0.273 e. The lowest BCUT2D eigenvalue weighted by atomic mass is 9.93. The van der Waals surface area contributed by atoms with Crippen LogP contribution in [0.3, 0.4) is 0 Å². The molecule has 1 aliphatic rings. The average Bonchev–Trinajstić information content (AvgIpc) is 3.52. The highest BCUT2D eigenvalue weighted by molar-refractivity contribution is 7.13.